The number of hydrogen-bond donors (Lipinski definition) is 3. The highest BCUT2D eigenvalue weighted by Gasteiger charge is 2.58. The Hall–Kier alpha value is -3.87. The third kappa shape index (κ3) is 2.05. The fourth-order valence-corrected chi connectivity index (χ4v) is 3.54. The van der Waals surface area contributed by atoms with Gasteiger partial charge in [0.05, 0.1) is 24.8 Å². The Morgan fingerprint density at radius 3 is 3.00 bits per heavy atom. The second kappa shape index (κ2) is 5.57. The molecule has 2 aliphatic heterocycles. The Labute approximate surface area is 151 Å². The number of nitrogens with two attached hydrogens (primary N) is 1. The Morgan fingerprint density at radius 2 is 2.30 bits per heavy atom. The average Bonchev–Trinajstić information content (AvgIpc) is 3.15. The van der Waals surface area contributed by atoms with Crippen molar-refractivity contribution in [1.82, 2.24) is 10.2 Å². The lowest BCUT2D eigenvalue weighted by Crippen LogP contribution is -2.43. The van der Waals surface area contributed by atoms with Crippen LogP contribution < -0.4 is 15.8 Å². The lowest BCUT2D eigenvalue weighted by Gasteiger charge is -2.31. The molecule has 136 valence electrons. The fourth-order valence-electron chi connectivity index (χ4n) is 3.54. The first-order valence-electron chi connectivity index (χ1n) is 7.77. The van der Waals surface area contributed by atoms with E-state index in [-0.39, 0.29) is 40.6 Å². The first-order valence-corrected chi connectivity index (χ1v) is 7.77. The summed E-state index contributed by atoms with van der Waals surface area (Å²) in [6, 6.07) is 5.60. The molecule has 4 rings (SSSR count). The minimum absolute atomic E-state index is 0.0716. The lowest BCUT2D eigenvalue weighted by molar-refractivity contribution is -0.139. The maximum Gasteiger partial charge on any atom is 0.311 e. The van der Waals surface area contributed by atoms with Crippen LogP contribution in [-0.4, -0.2) is 29.2 Å². The molecule has 0 unspecified atom stereocenters. The molecule has 2 aliphatic rings. The van der Waals surface area contributed by atoms with Crippen molar-refractivity contribution >= 4 is 17.6 Å². The van der Waals surface area contributed by atoms with E-state index in [0.29, 0.717) is 5.69 Å². The molecule has 0 saturated heterocycles. The van der Waals surface area contributed by atoms with E-state index in [9.17, 15) is 19.2 Å². The minimum atomic E-state index is -1.79. The van der Waals surface area contributed by atoms with Crippen molar-refractivity contribution in [2.75, 3.05) is 12.4 Å². The van der Waals surface area contributed by atoms with Crippen LogP contribution >= 0.6 is 0 Å². The Morgan fingerprint density at radius 1 is 1.52 bits per heavy atom. The highest BCUT2D eigenvalue weighted by Crippen LogP contribution is 2.53. The van der Waals surface area contributed by atoms with Crippen molar-refractivity contribution in [3.63, 3.8) is 0 Å². The molecule has 1 aromatic carbocycles. The van der Waals surface area contributed by atoms with Gasteiger partial charge in [-0.3, -0.25) is 14.7 Å². The number of nitrogens with zero attached hydrogens (tertiary/aromatic N) is 2. The fraction of sp³-hybridized carbons (Fsp3) is 0.176. The zero-order valence-electron chi connectivity index (χ0n) is 13.9. The number of aromatic amines is 1. The Kier molecular flexibility index (Phi) is 3.42. The molecule has 2 aromatic rings. The molecule has 1 spiro atoms. The van der Waals surface area contributed by atoms with Crippen LogP contribution in [0.5, 0.6) is 5.88 Å². The molecule has 0 fully saturated rings. The number of fused-ring (bicyclic) bond motifs is 4. The number of carbonyl (C=O) groups is 2. The zero-order chi connectivity index (χ0) is 19.3. The third-order valence-electron chi connectivity index (χ3n) is 4.65. The summed E-state index contributed by atoms with van der Waals surface area (Å²) in [7, 11) is 1.21. The van der Waals surface area contributed by atoms with Crippen LogP contribution in [0.4, 0.5) is 10.1 Å². The highest BCUT2D eigenvalue weighted by atomic mass is 19.1. The molecule has 3 heterocycles. The summed E-state index contributed by atoms with van der Waals surface area (Å²) >= 11 is 0. The smallest absolute Gasteiger partial charge is 0.311 e. The summed E-state index contributed by atoms with van der Waals surface area (Å²) in [6.45, 7) is 0. The van der Waals surface area contributed by atoms with Gasteiger partial charge in [0.2, 0.25) is 17.7 Å². The molecule has 27 heavy (non-hydrogen) atoms. The van der Waals surface area contributed by atoms with Gasteiger partial charge in [0, 0.05) is 11.3 Å². The summed E-state index contributed by atoms with van der Waals surface area (Å²) in [5.41, 5.74) is 4.69. The number of hydrogen-bond acceptors (Lipinski definition) is 7. The van der Waals surface area contributed by atoms with E-state index in [4.69, 9.17) is 10.5 Å². The second-order valence-corrected chi connectivity index (χ2v) is 5.98. The summed E-state index contributed by atoms with van der Waals surface area (Å²) in [6.07, 6.45) is -0.263. The van der Waals surface area contributed by atoms with E-state index in [2.05, 4.69) is 20.3 Å². The molecule has 1 aromatic heterocycles. The molecular weight excluding hydrogens is 357 g/mol. The van der Waals surface area contributed by atoms with Gasteiger partial charge in [0.25, 0.3) is 0 Å². The maximum absolute atomic E-state index is 14.0. The number of halogens is 1. The van der Waals surface area contributed by atoms with E-state index in [1.54, 1.807) is 0 Å². The number of rotatable bonds is 2. The van der Waals surface area contributed by atoms with Crippen molar-refractivity contribution in [3.05, 3.63) is 52.3 Å². The number of amides is 1. The number of anilines is 1. The van der Waals surface area contributed by atoms with Crippen molar-refractivity contribution in [2.45, 2.75) is 11.8 Å². The Balaban J connectivity index is 2.08. The standard InChI is InChI=1S/C17H12FN5O4/c1-26-12(24)5-11-13-15(23-22-11)27-14(20)9(6-19)17(13)8-4-7(18)2-3-10(8)21-16(17)25/h2-4H,5,20H2,1H3,(H,21,25)(H,22,23)/t17-/m1/s1. The number of benzene rings is 1. The largest absolute Gasteiger partial charge is 0.469 e. The number of H-pyrrole nitrogens is 1. The van der Waals surface area contributed by atoms with E-state index < -0.39 is 23.1 Å². The monoisotopic (exact) mass is 369 g/mol. The van der Waals surface area contributed by atoms with Crippen LogP contribution in [0.15, 0.2) is 29.7 Å². The summed E-state index contributed by atoms with van der Waals surface area (Å²) in [5, 5.41) is 18.9. The summed E-state index contributed by atoms with van der Waals surface area (Å²) < 4.78 is 24.1. The van der Waals surface area contributed by atoms with Crippen molar-refractivity contribution < 1.29 is 23.5 Å². The molecule has 0 aliphatic carbocycles. The molecule has 1 amide bonds. The van der Waals surface area contributed by atoms with Gasteiger partial charge in [-0.15, -0.1) is 5.10 Å². The van der Waals surface area contributed by atoms with Gasteiger partial charge in [-0.1, -0.05) is 0 Å². The van der Waals surface area contributed by atoms with Gasteiger partial charge >= 0.3 is 5.97 Å². The van der Waals surface area contributed by atoms with Crippen molar-refractivity contribution in [1.29, 1.82) is 5.26 Å². The number of methoxy groups -OCH3 is 1. The molecule has 10 heteroatoms. The predicted molar refractivity (Wildman–Crippen MR) is 87.6 cm³/mol. The van der Waals surface area contributed by atoms with Gasteiger partial charge in [-0.05, 0) is 18.2 Å². The van der Waals surface area contributed by atoms with Crippen molar-refractivity contribution in [3.8, 4) is 11.9 Å². The first-order chi connectivity index (χ1) is 12.9. The van der Waals surface area contributed by atoms with Gasteiger partial charge in [-0.2, -0.15) is 5.26 Å². The number of aromatic nitrogens is 2. The molecule has 0 saturated carbocycles. The van der Waals surface area contributed by atoms with Crippen LogP contribution in [0.2, 0.25) is 0 Å². The second-order valence-electron chi connectivity index (χ2n) is 5.98. The highest BCUT2D eigenvalue weighted by molar-refractivity contribution is 6.12. The molecule has 1 atom stereocenters. The van der Waals surface area contributed by atoms with E-state index in [1.165, 1.54) is 19.2 Å². The normalized spacial score (nSPS) is 19.8. The van der Waals surface area contributed by atoms with E-state index >= 15 is 0 Å². The SMILES string of the molecule is COC(=O)Cc1[nH]nc2c1[C@]1(C(=O)Nc3ccc(F)cc31)C(C#N)=C(N)O2. The van der Waals surface area contributed by atoms with Crippen LogP contribution in [0.3, 0.4) is 0 Å². The molecule has 0 radical (unpaired) electrons. The van der Waals surface area contributed by atoms with Gasteiger partial charge in [0.1, 0.15) is 22.9 Å². The minimum Gasteiger partial charge on any atom is -0.469 e. The van der Waals surface area contributed by atoms with Crippen LogP contribution in [-0.2, 0) is 26.2 Å². The van der Waals surface area contributed by atoms with E-state index in [0.717, 1.165) is 6.07 Å². The van der Waals surface area contributed by atoms with Crippen molar-refractivity contribution in [2.24, 2.45) is 5.73 Å². The van der Waals surface area contributed by atoms with Gasteiger partial charge < -0.3 is 20.5 Å². The maximum atomic E-state index is 14.0. The number of nitriles is 1. The first kappa shape index (κ1) is 16.6. The topological polar surface area (TPSA) is 143 Å². The third-order valence-corrected chi connectivity index (χ3v) is 4.65. The molecular formula is C17H12FN5O4. The summed E-state index contributed by atoms with van der Waals surface area (Å²) in [4.78, 5) is 24.9. The lowest BCUT2D eigenvalue weighted by atomic mass is 9.69. The number of nitrogens with one attached hydrogen (secondary N) is 2. The van der Waals surface area contributed by atoms with Crippen LogP contribution in [0, 0.1) is 17.1 Å². The summed E-state index contributed by atoms with van der Waals surface area (Å²) in [5.74, 6) is -2.23. The van der Waals surface area contributed by atoms with Gasteiger partial charge in [-0.25, -0.2) is 4.39 Å². The molecule has 0 bridgehead atoms. The zero-order valence-corrected chi connectivity index (χ0v) is 13.9. The quantitative estimate of drug-likeness (QED) is 0.657. The van der Waals surface area contributed by atoms with E-state index in [1.807, 2.05) is 6.07 Å². The molecule has 9 nitrogen and oxygen atoms in total. The van der Waals surface area contributed by atoms with Crippen LogP contribution in [0.25, 0.3) is 0 Å². The number of carbonyl (C=O) groups excluding carboxylic acids is 2. The van der Waals surface area contributed by atoms with Crippen LogP contribution in [0.1, 0.15) is 16.8 Å². The predicted octanol–water partition coefficient (Wildman–Crippen LogP) is 0.589. The average molecular weight is 369 g/mol. The Bertz CT molecular complexity index is 1080. The van der Waals surface area contributed by atoms with Gasteiger partial charge in [0.15, 0.2) is 0 Å². The number of esters is 1. The molecule has 4 N–H and O–H groups in total. The number of ether oxygens (including phenoxy) is 2.